The van der Waals surface area contributed by atoms with E-state index in [2.05, 4.69) is 41.7 Å². The number of ether oxygens (including phenoxy) is 1. The Labute approximate surface area is 202 Å². The predicted octanol–water partition coefficient (Wildman–Crippen LogP) is 7.32. The minimum Gasteiger partial charge on any atom is -0.488 e. The average Bonchev–Trinajstić information content (AvgIpc) is 3.34. The lowest BCUT2D eigenvalue weighted by atomic mass is 10.0. The van der Waals surface area contributed by atoms with E-state index in [1.165, 1.54) is 24.8 Å². The maximum absolute atomic E-state index is 12.6. The van der Waals surface area contributed by atoms with Crippen molar-refractivity contribution in [3.05, 3.63) is 102 Å². The maximum atomic E-state index is 12.6. The molecule has 0 spiro atoms. The molecule has 34 heavy (non-hydrogen) atoms. The van der Waals surface area contributed by atoms with Crippen molar-refractivity contribution in [3.8, 4) is 16.9 Å². The molecule has 0 aromatic heterocycles. The van der Waals surface area contributed by atoms with E-state index in [0.29, 0.717) is 12.2 Å². The van der Waals surface area contributed by atoms with Gasteiger partial charge in [-0.05, 0) is 60.6 Å². The molecule has 3 aromatic carbocycles. The highest BCUT2D eigenvalue weighted by molar-refractivity contribution is 6.03. The summed E-state index contributed by atoms with van der Waals surface area (Å²) in [5.74, 6) is 0.653. The molecule has 0 saturated carbocycles. The first-order valence-electron chi connectivity index (χ1n) is 12.2. The molecule has 4 heteroatoms. The van der Waals surface area contributed by atoms with E-state index in [0.717, 1.165) is 47.4 Å². The van der Waals surface area contributed by atoms with Gasteiger partial charge >= 0.3 is 0 Å². The predicted molar refractivity (Wildman–Crippen MR) is 139 cm³/mol. The van der Waals surface area contributed by atoms with Crippen LogP contribution >= 0.6 is 0 Å². The van der Waals surface area contributed by atoms with E-state index >= 15 is 0 Å². The van der Waals surface area contributed by atoms with Gasteiger partial charge in [-0.15, -0.1) is 0 Å². The molecule has 0 fully saturated rings. The maximum Gasteiger partial charge on any atom is 0.271 e. The normalized spacial score (nSPS) is 14.1. The third kappa shape index (κ3) is 6.22. The monoisotopic (exact) mass is 452 g/mol. The van der Waals surface area contributed by atoms with Crippen LogP contribution in [0.2, 0.25) is 0 Å². The minimum absolute atomic E-state index is 0.186. The second-order valence-corrected chi connectivity index (χ2v) is 8.57. The topological polar surface area (TPSA) is 50.7 Å². The smallest absolute Gasteiger partial charge is 0.271 e. The summed E-state index contributed by atoms with van der Waals surface area (Å²) in [5, 5.41) is 4.42. The largest absolute Gasteiger partial charge is 0.488 e. The molecule has 0 aliphatic heterocycles. The summed E-state index contributed by atoms with van der Waals surface area (Å²) in [4.78, 5) is 12.6. The number of hydrazone groups is 1. The highest BCUT2D eigenvalue weighted by atomic mass is 16.5. The number of nitrogens with zero attached hydrogens (tertiary/aromatic N) is 1. The number of nitrogens with one attached hydrogen (secondary N) is 1. The van der Waals surface area contributed by atoms with Gasteiger partial charge in [-0.25, -0.2) is 5.43 Å². The summed E-state index contributed by atoms with van der Waals surface area (Å²) in [6, 6.07) is 25.8. The highest BCUT2D eigenvalue weighted by Crippen LogP contribution is 2.30. The van der Waals surface area contributed by atoms with Crippen molar-refractivity contribution in [1.29, 1.82) is 0 Å². The number of rotatable bonds is 10. The van der Waals surface area contributed by atoms with Gasteiger partial charge in [-0.2, -0.15) is 5.10 Å². The lowest BCUT2D eigenvalue weighted by Gasteiger charge is -2.12. The summed E-state index contributed by atoms with van der Waals surface area (Å²) in [5.41, 5.74) is 8.83. The average molecular weight is 453 g/mol. The molecule has 1 N–H and O–H groups in total. The Hall–Kier alpha value is -3.66. The molecule has 0 heterocycles. The molecule has 0 radical (unpaired) electrons. The van der Waals surface area contributed by atoms with E-state index in [1.807, 2.05) is 60.7 Å². The van der Waals surface area contributed by atoms with E-state index in [-0.39, 0.29) is 5.91 Å². The van der Waals surface area contributed by atoms with E-state index < -0.39 is 0 Å². The quantitative estimate of drug-likeness (QED) is 0.259. The fourth-order valence-corrected chi connectivity index (χ4v) is 4.15. The van der Waals surface area contributed by atoms with Gasteiger partial charge in [-0.3, -0.25) is 4.79 Å². The Morgan fingerprint density at radius 2 is 1.71 bits per heavy atom. The van der Waals surface area contributed by atoms with Crippen LogP contribution in [-0.4, -0.2) is 11.6 Å². The number of amides is 1. The van der Waals surface area contributed by atoms with Crippen LogP contribution in [0.4, 0.5) is 0 Å². The standard InChI is InChI=1S/C30H32N2O2/c1-2-3-5-13-25-14-10-16-28(25)31-32-30(33)26-20-18-23(19-21-26)22-34-29-17-9-8-15-27(29)24-11-6-4-7-12-24/h4,6-9,11-12,14-15,17-21H,2-3,5,10,13,16,22H2,1H3,(H,32,33)/b31-28+. The Kier molecular flexibility index (Phi) is 8.28. The van der Waals surface area contributed by atoms with Gasteiger partial charge in [-0.1, -0.05) is 86.5 Å². The Balaban J connectivity index is 1.33. The van der Waals surface area contributed by atoms with Crippen LogP contribution in [0.15, 0.2) is 95.6 Å². The van der Waals surface area contributed by atoms with Crippen molar-refractivity contribution in [3.63, 3.8) is 0 Å². The van der Waals surface area contributed by atoms with Crippen LogP contribution in [0, 0.1) is 0 Å². The van der Waals surface area contributed by atoms with Gasteiger partial charge in [0.15, 0.2) is 0 Å². The minimum atomic E-state index is -0.186. The first kappa shape index (κ1) is 23.5. The molecule has 1 amide bonds. The lowest BCUT2D eigenvalue weighted by Crippen LogP contribution is -2.19. The third-order valence-corrected chi connectivity index (χ3v) is 6.07. The lowest BCUT2D eigenvalue weighted by molar-refractivity contribution is 0.0954. The van der Waals surface area contributed by atoms with Crippen molar-refractivity contribution in [1.82, 2.24) is 5.43 Å². The van der Waals surface area contributed by atoms with E-state index in [4.69, 9.17) is 4.74 Å². The zero-order chi connectivity index (χ0) is 23.6. The molecule has 0 unspecified atom stereocenters. The number of hydrogen-bond donors (Lipinski definition) is 1. The van der Waals surface area contributed by atoms with Crippen LogP contribution < -0.4 is 10.2 Å². The van der Waals surface area contributed by atoms with Crippen LogP contribution in [0.5, 0.6) is 5.75 Å². The first-order chi connectivity index (χ1) is 16.7. The Morgan fingerprint density at radius 1 is 0.941 bits per heavy atom. The molecule has 0 saturated heterocycles. The van der Waals surface area contributed by atoms with Crippen molar-refractivity contribution in [2.24, 2.45) is 5.10 Å². The molecular weight excluding hydrogens is 420 g/mol. The van der Waals surface area contributed by atoms with Gasteiger partial charge < -0.3 is 4.74 Å². The molecule has 1 aliphatic rings. The van der Waals surface area contributed by atoms with Crippen molar-refractivity contribution in [2.45, 2.75) is 52.1 Å². The van der Waals surface area contributed by atoms with Crippen molar-refractivity contribution >= 4 is 11.6 Å². The van der Waals surface area contributed by atoms with Gasteiger partial charge in [0, 0.05) is 11.1 Å². The summed E-state index contributed by atoms with van der Waals surface area (Å²) < 4.78 is 6.12. The van der Waals surface area contributed by atoms with Crippen LogP contribution in [0.3, 0.4) is 0 Å². The summed E-state index contributed by atoms with van der Waals surface area (Å²) in [7, 11) is 0. The molecule has 0 bridgehead atoms. The number of para-hydroxylation sites is 1. The first-order valence-corrected chi connectivity index (χ1v) is 12.2. The van der Waals surface area contributed by atoms with Crippen LogP contribution in [0.1, 0.15) is 61.4 Å². The summed E-state index contributed by atoms with van der Waals surface area (Å²) >= 11 is 0. The fourth-order valence-electron chi connectivity index (χ4n) is 4.15. The number of unbranched alkanes of at least 4 members (excludes halogenated alkanes) is 2. The Morgan fingerprint density at radius 3 is 2.50 bits per heavy atom. The summed E-state index contributed by atoms with van der Waals surface area (Å²) in [6.07, 6.45) is 8.83. The zero-order valence-corrected chi connectivity index (χ0v) is 19.8. The number of allylic oxidation sites excluding steroid dienone is 2. The van der Waals surface area contributed by atoms with Gasteiger partial charge in [0.05, 0.1) is 5.71 Å². The van der Waals surface area contributed by atoms with Crippen molar-refractivity contribution in [2.75, 3.05) is 0 Å². The van der Waals surface area contributed by atoms with E-state index in [1.54, 1.807) is 0 Å². The zero-order valence-electron chi connectivity index (χ0n) is 19.8. The molecule has 174 valence electrons. The van der Waals surface area contributed by atoms with Crippen LogP contribution in [-0.2, 0) is 6.61 Å². The number of hydrogen-bond acceptors (Lipinski definition) is 3. The number of carbonyl (C=O) groups excluding carboxylic acids is 1. The van der Waals surface area contributed by atoms with Gasteiger partial charge in [0.2, 0.25) is 0 Å². The number of carbonyl (C=O) groups is 1. The molecule has 4 rings (SSSR count). The molecular formula is C30H32N2O2. The second-order valence-electron chi connectivity index (χ2n) is 8.57. The van der Waals surface area contributed by atoms with Crippen LogP contribution in [0.25, 0.3) is 11.1 Å². The van der Waals surface area contributed by atoms with Crippen molar-refractivity contribution < 1.29 is 9.53 Å². The van der Waals surface area contributed by atoms with E-state index in [9.17, 15) is 4.79 Å². The van der Waals surface area contributed by atoms with Gasteiger partial charge in [0.25, 0.3) is 5.91 Å². The number of benzene rings is 3. The molecule has 4 nitrogen and oxygen atoms in total. The summed E-state index contributed by atoms with van der Waals surface area (Å²) in [6.45, 7) is 2.64. The third-order valence-electron chi connectivity index (χ3n) is 6.07. The molecule has 0 atom stereocenters. The second kappa shape index (κ2) is 12.0. The SMILES string of the molecule is CCCCCC1=CCC/C1=N\NC(=O)c1ccc(COc2ccccc2-c2ccccc2)cc1. The van der Waals surface area contributed by atoms with Gasteiger partial charge in [0.1, 0.15) is 12.4 Å². The Bertz CT molecular complexity index is 1150. The highest BCUT2D eigenvalue weighted by Gasteiger charge is 2.14. The molecule has 1 aliphatic carbocycles. The fraction of sp³-hybridized carbons (Fsp3) is 0.267. The molecule has 3 aromatic rings.